The van der Waals surface area contributed by atoms with E-state index in [1.807, 2.05) is 30.0 Å². The van der Waals surface area contributed by atoms with Gasteiger partial charge in [0.05, 0.1) is 24.8 Å². The van der Waals surface area contributed by atoms with Crippen LogP contribution in [0.5, 0.6) is 5.75 Å². The molecular formula is C31H41N5O4. The van der Waals surface area contributed by atoms with E-state index in [0.717, 1.165) is 68.6 Å². The van der Waals surface area contributed by atoms with Gasteiger partial charge in [0.15, 0.2) is 0 Å². The Labute approximate surface area is 235 Å². The first kappa shape index (κ1) is 28.0. The number of nitrogens with one attached hydrogen (secondary N) is 2. The van der Waals surface area contributed by atoms with Gasteiger partial charge in [0.2, 0.25) is 5.91 Å². The van der Waals surface area contributed by atoms with Crippen molar-refractivity contribution in [2.45, 2.75) is 59.0 Å². The Balaban J connectivity index is 1.30. The number of pyridine rings is 1. The molecule has 0 saturated carbocycles. The van der Waals surface area contributed by atoms with Gasteiger partial charge in [-0.1, -0.05) is 18.2 Å². The number of rotatable bonds is 9. The molecule has 1 aromatic carbocycles. The SMILES string of the molecule is COc1cc(C)[nH]c(=O)c1CNC(=O)c1c(C)n(C(C)C2CCN(CCN3CCCC3=O)CC2)c2ccccc12. The number of aromatic amines is 1. The van der Waals surface area contributed by atoms with Crippen LogP contribution in [0.15, 0.2) is 35.1 Å². The Hall–Kier alpha value is -3.59. The van der Waals surface area contributed by atoms with Crippen LogP contribution in [0.3, 0.4) is 0 Å². The van der Waals surface area contributed by atoms with Gasteiger partial charge < -0.3 is 29.4 Å². The second kappa shape index (κ2) is 11.9. The number of ether oxygens (including phenoxy) is 1. The smallest absolute Gasteiger partial charge is 0.256 e. The number of para-hydroxylation sites is 1. The first-order chi connectivity index (χ1) is 19.3. The van der Waals surface area contributed by atoms with E-state index in [9.17, 15) is 14.4 Å². The van der Waals surface area contributed by atoms with E-state index in [-0.39, 0.29) is 24.1 Å². The summed E-state index contributed by atoms with van der Waals surface area (Å²) in [6.45, 7) is 10.9. The third-order valence-corrected chi connectivity index (χ3v) is 8.84. The molecule has 2 aliphatic rings. The zero-order chi connectivity index (χ0) is 28.4. The highest BCUT2D eigenvalue weighted by molar-refractivity contribution is 6.08. The number of fused-ring (bicyclic) bond motifs is 1. The van der Waals surface area contributed by atoms with Gasteiger partial charge in [0, 0.05) is 54.4 Å². The van der Waals surface area contributed by atoms with Crippen LogP contribution in [0.2, 0.25) is 0 Å². The lowest BCUT2D eigenvalue weighted by molar-refractivity contribution is -0.127. The molecule has 2 aromatic heterocycles. The Kier molecular flexibility index (Phi) is 8.30. The number of nitrogens with zero attached hydrogens (tertiary/aromatic N) is 3. The summed E-state index contributed by atoms with van der Waals surface area (Å²) < 4.78 is 7.72. The molecule has 2 saturated heterocycles. The molecule has 0 radical (unpaired) electrons. The molecule has 9 nitrogen and oxygen atoms in total. The maximum absolute atomic E-state index is 13.6. The maximum atomic E-state index is 13.6. The maximum Gasteiger partial charge on any atom is 0.256 e. The molecule has 9 heteroatoms. The van der Waals surface area contributed by atoms with Crippen molar-refractivity contribution in [2.24, 2.45) is 5.92 Å². The summed E-state index contributed by atoms with van der Waals surface area (Å²) >= 11 is 0. The predicted molar refractivity (Wildman–Crippen MR) is 156 cm³/mol. The Morgan fingerprint density at radius 3 is 2.58 bits per heavy atom. The standard InChI is InChI=1S/C31H41N5O4/c1-20-18-27(40-4)25(30(38)33-20)19-32-31(39)29-22(3)36(26-9-6-5-8-24(26)29)21(2)23-11-14-34(15-12-23)16-17-35-13-7-10-28(35)37/h5-6,8-9,18,21,23H,7,10-17,19H2,1-4H3,(H,32,39)(H,33,38). The number of hydrogen-bond acceptors (Lipinski definition) is 5. The minimum Gasteiger partial charge on any atom is -0.496 e. The number of aryl methyl sites for hydroxylation is 1. The van der Waals surface area contributed by atoms with E-state index >= 15 is 0 Å². The number of carbonyl (C=O) groups excluding carboxylic acids is 2. The molecule has 0 spiro atoms. The second-order valence-corrected chi connectivity index (χ2v) is 11.3. The number of likely N-dealkylation sites (tertiary alicyclic amines) is 2. The first-order valence-electron chi connectivity index (χ1n) is 14.4. The number of methoxy groups -OCH3 is 1. The number of piperidine rings is 1. The summed E-state index contributed by atoms with van der Waals surface area (Å²) in [5.41, 5.74) is 3.49. The molecule has 2 amide bonds. The second-order valence-electron chi connectivity index (χ2n) is 11.3. The van der Waals surface area contributed by atoms with Gasteiger partial charge in [0.25, 0.3) is 11.5 Å². The zero-order valence-corrected chi connectivity index (χ0v) is 24.1. The number of hydrogen-bond donors (Lipinski definition) is 2. The van der Waals surface area contributed by atoms with Gasteiger partial charge in [-0.05, 0) is 71.2 Å². The summed E-state index contributed by atoms with van der Waals surface area (Å²) in [4.78, 5) is 45.4. The number of aromatic nitrogens is 2. The van der Waals surface area contributed by atoms with Crippen molar-refractivity contribution in [3.05, 3.63) is 63.2 Å². The van der Waals surface area contributed by atoms with Gasteiger partial charge in [-0.25, -0.2) is 0 Å². The summed E-state index contributed by atoms with van der Waals surface area (Å²) in [6, 6.07) is 10.1. The van der Waals surface area contributed by atoms with Gasteiger partial charge in [-0.15, -0.1) is 0 Å². The van der Waals surface area contributed by atoms with Crippen LogP contribution in [0.4, 0.5) is 0 Å². The molecule has 2 N–H and O–H groups in total. The Bertz CT molecular complexity index is 1450. The third-order valence-electron chi connectivity index (χ3n) is 8.84. The largest absolute Gasteiger partial charge is 0.496 e. The molecule has 5 rings (SSSR count). The summed E-state index contributed by atoms with van der Waals surface area (Å²) in [5.74, 6) is 1.05. The van der Waals surface area contributed by atoms with Crippen LogP contribution in [0.1, 0.15) is 66.0 Å². The quantitative estimate of drug-likeness (QED) is 0.425. The van der Waals surface area contributed by atoms with Crippen molar-refractivity contribution in [1.29, 1.82) is 0 Å². The normalized spacial score (nSPS) is 17.5. The molecule has 1 unspecified atom stereocenters. The highest BCUT2D eigenvalue weighted by Crippen LogP contribution is 2.35. The molecule has 0 bridgehead atoms. The minimum absolute atomic E-state index is 0.0770. The van der Waals surface area contributed by atoms with E-state index in [1.165, 1.54) is 7.11 Å². The van der Waals surface area contributed by atoms with E-state index in [0.29, 0.717) is 40.8 Å². The lowest BCUT2D eigenvalue weighted by Crippen LogP contribution is -2.41. The molecule has 3 aromatic rings. The van der Waals surface area contributed by atoms with Crippen LogP contribution in [-0.2, 0) is 11.3 Å². The number of H-pyrrole nitrogens is 1. The molecule has 2 aliphatic heterocycles. The summed E-state index contributed by atoms with van der Waals surface area (Å²) in [6.07, 6.45) is 3.85. The summed E-state index contributed by atoms with van der Waals surface area (Å²) in [5, 5.41) is 3.89. The lowest BCUT2D eigenvalue weighted by atomic mass is 9.90. The third kappa shape index (κ3) is 5.52. The Morgan fingerprint density at radius 2 is 1.88 bits per heavy atom. The predicted octanol–water partition coefficient (Wildman–Crippen LogP) is 3.78. The van der Waals surface area contributed by atoms with E-state index in [2.05, 4.69) is 32.8 Å². The van der Waals surface area contributed by atoms with Crippen LogP contribution in [0.25, 0.3) is 10.9 Å². The van der Waals surface area contributed by atoms with Crippen LogP contribution in [0, 0.1) is 19.8 Å². The molecular weight excluding hydrogens is 506 g/mol. The lowest BCUT2D eigenvalue weighted by Gasteiger charge is -2.36. The fourth-order valence-electron chi connectivity index (χ4n) is 6.57. The molecule has 214 valence electrons. The van der Waals surface area contributed by atoms with Gasteiger partial charge in [0.1, 0.15) is 5.75 Å². The van der Waals surface area contributed by atoms with Gasteiger partial charge >= 0.3 is 0 Å². The number of amides is 2. The van der Waals surface area contributed by atoms with Crippen molar-refractivity contribution in [3.63, 3.8) is 0 Å². The minimum atomic E-state index is -0.261. The summed E-state index contributed by atoms with van der Waals surface area (Å²) in [7, 11) is 1.53. The van der Waals surface area contributed by atoms with Crippen LogP contribution in [-0.4, -0.2) is 71.0 Å². The van der Waals surface area contributed by atoms with E-state index in [1.54, 1.807) is 13.0 Å². The highest BCUT2D eigenvalue weighted by atomic mass is 16.5. The highest BCUT2D eigenvalue weighted by Gasteiger charge is 2.30. The number of benzene rings is 1. The van der Waals surface area contributed by atoms with E-state index in [4.69, 9.17) is 4.74 Å². The van der Waals surface area contributed by atoms with Crippen molar-refractivity contribution in [1.82, 2.24) is 24.7 Å². The van der Waals surface area contributed by atoms with E-state index < -0.39 is 0 Å². The van der Waals surface area contributed by atoms with Crippen LogP contribution >= 0.6 is 0 Å². The monoisotopic (exact) mass is 547 g/mol. The van der Waals surface area contributed by atoms with Crippen LogP contribution < -0.4 is 15.6 Å². The molecule has 4 heterocycles. The molecule has 40 heavy (non-hydrogen) atoms. The zero-order valence-electron chi connectivity index (χ0n) is 24.1. The fourth-order valence-corrected chi connectivity index (χ4v) is 6.57. The van der Waals surface area contributed by atoms with Crippen molar-refractivity contribution in [3.8, 4) is 5.75 Å². The number of carbonyl (C=O) groups is 2. The fraction of sp³-hybridized carbons (Fsp3) is 0.516. The average molecular weight is 548 g/mol. The Morgan fingerprint density at radius 1 is 1.12 bits per heavy atom. The molecule has 2 fully saturated rings. The topological polar surface area (TPSA) is 99.7 Å². The average Bonchev–Trinajstić information content (AvgIpc) is 3.49. The van der Waals surface area contributed by atoms with Crippen molar-refractivity contribution < 1.29 is 14.3 Å². The molecule has 0 aliphatic carbocycles. The first-order valence-corrected chi connectivity index (χ1v) is 14.4. The van der Waals surface area contributed by atoms with Gasteiger partial charge in [-0.3, -0.25) is 14.4 Å². The van der Waals surface area contributed by atoms with Gasteiger partial charge in [-0.2, -0.15) is 0 Å². The molecule has 1 atom stereocenters. The van der Waals surface area contributed by atoms with Crippen molar-refractivity contribution >= 4 is 22.7 Å². The van der Waals surface area contributed by atoms with Crippen molar-refractivity contribution in [2.75, 3.05) is 39.8 Å².